The highest BCUT2D eigenvalue weighted by Gasteiger charge is 2.18. The predicted octanol–water partition coefficient (Wildman–Crippen LogP) is 2.63. The van der Waals surface area contributed by atoms with Gasteiger partial charge >= 0.3 is 6.03 Å². The lowest BCUT2D eigenvalue weighted by Crippen LogP contribution is -2.29. The lowest BCUT2D eigenvalue weighted by Gasteiger charge is -2.14. The number of carbonyl (C=O) groups is 1. The molecule has 1 aromatic heterocycles. The molecular weight excluding hydrogens is 362 g/mol. The Balaban J connectivity index is 1.66. The summed E-state index contributed by atoms with van der Waals surface area (Å²) in [5, 5.41) is 13.9. The van der Waals surface area contributed by atoms with Crippen LogP contribution in [0.1, 0.15) is 23.6 Å². The average molecular weight is 380 g/mol. The molecule has 0 unspecified atom stereocenters. The number of nitrogens with one attached hydrogen (secondary N) is 2. The van der Waals surface area contributed by atoms with Crippen molar-refractivity contribution in [2.45, 2.75) is 32.9 Å². The Morgan fingerprint density at radius 3 is 3.04 bits per heavy atom. The van der Waals surface area contributed by atoms with Gasteiger partial charge in [0.15, 0.2) is 5.82 Å². The number of halogens is 1. The highest BCUT2D eigenvalue weighted by molar-refractivity contribution is 9.10. The molecule has 3 rings (SSSR count). The summed E-state index contributed by atoms with van der Waals surface area (Å²) in [7, 11) is 1.57. The highest BCUT2D eigenvalue weighted by atomic mass is 79.9. The fourth-order valence-corrected chi connectivity index (χ4v) is 3.24. The molecule has 2 heterocycles. The lowest BCUT2D eigenvalue weighted by molar-refractivity contribution is 0.251. The monoisotopic (exact) mass is 379 g/mol. The van der Waals surface area contributed by atoms with Gasteiger partial charge < -0.3 is 19.9 Å². The van der Waals surface area contributed by atoms with Gasteiger partial charge in [-0.1, -0.05) is 15.9 Å². The molecule has 0 spiro atoms. The van der Waals surface area contributed by atoms with Gasteiger partial charge in [-0.3, -0.25) is 0 Å². The molecular formula is C15H18BrN5O2. The van der Waals surface area contributed by atoms with Crippen LogP contribution in [0, 0.1) is 6.92 Å². The molecule has 0 fully saturated rings. The standard InChI is InChI=1S/C15H18BrN5O2/c1-9-6-10(16)7-11(23-2)14(9)18-15(22)17-8-13-20-19-12-4-3-5-21(12)13/h6-7H,3-5,8H2,1-2H3,(H2,17,18,22). The van der Waals surface area contributed by atoms with Gasteiger partial charge in [-0.05, 0) is 31.0 Å². The van der Waals surface area contributed by atoms with E-state index in [1.54, 1.807) is 7.11 Å². The van der Waals surface area contributed by atoms with E-state index >= 15 is 0 Å². The Kier molecular flexibility index (Phi) is 4.51. The van der Waals surface area contributed by atoms with Crippen molar-refractivity contribution >= 4 is 27.6 Å². The minimum absolute atomic E-state index is 0.302. The number of rotatable bonds is 4. The number of benzene rings is 1. The van der Waals surface area contributed by atoms with Gasteiger partial charge in [-0.2, -0.15) is 0 Å². The number of aryl methyl sites for hydroxylation is 2. The normalized spacial score (nSPS) is 12.8. The number of urea groups is 1. The van der Waals surface area contributed by atoms with Gasteiger partial charge in [-0.25, -0.2) is 4.79 Å². The summed E-state index contributed by atoms with van der Waals surface area (Å²) in [5.41, 5.74) is 1.56. The summed E-state index contributed by atoms with van der Waals surface area (Å²) in [6.45, 7) is 3.17. The molecule has 0 saturated heterocycles. The third-order valence-corrected chi connectivity index (χ3v) is 4.27. The number of ether oxygens (including phenoxy) is 1. The molecule has 0 bridgehead atoms. The third kappa shape index (κ3) is 3.31. The molecule has 8 heteroatoms. The molecule has 0 aliphatic carbocycles. The number of amides is 2. The quantitative estimate of drug-likeness (QED) is 0.855. The number of anilines is 1. The fraction of sp³-hybridized carbons (Fsp3) is 0.400. The molecule has 122 valence electrons. The molecule has 0 radical (unpaired) electrons. The second-order valence-corrected chi connectivity index (χ2v) is 6.31. The van der Waals surface area contributed by atoms with Gasteiger partial charge in [0.25, 0.3) is 0 Å². The van der Waals surface area contributed by atoms with E-state index in [2.05, 4.69) is 41.3 Å². The van der Waals surface area contributed by atoms with Gasteiger partial charge in [0, 0.05) is 17.4 Å². The Bertz CT molecular complexity index is 744. The van der Waals surface area contributed by atoms with Crippen LogP contribution in [0.2, 0.25) is 0 Å². The number of carbonyl (C=O) groups excluding carboxylic acids is 1. The highest BCUT2D eigenvalue weighted by Crippen LogP contribution is 2.31. The van der Waals surface area contributed by atoms with E-state index in [-0.39, 0.29) is 6.03 Å². The number of methoxy groups -OCH3 is 1. The summed E-state index contributed by atoms with van der Waals surface area (Å²) < 4.78 is 8.28. The summed E-state index contributed by atoms with van der Waals surface area (Å²) in [5.74, 6) is 2.38. The first-order chi connectivity index (χ1) is 11.1. The maximum Gasteiger partial charge on any atom is 0.319 e. The van der Waals surface area contributed by atoms with E-state index in [4.69, 9.17) is 4.74 Å². The van der Waals surface area contributed by atoms with Gasteiger partial charge in [-0.15, -0.1) is 10.2 Å². The van der Waals surface area contributed by atoms with Crippen LogP contribution in [0.15, 0.2) is 16.6 Å². The molecule has 23 heavy (non-hydrogen) atoms. The molecule has 0 atom stereocenters. The van der Waals surface area contributed by atoms with Crippen molar-refractivity contribution in [1.82, 2.24) is 20.1 Å². The maximum atomic E-state index is 12.2. The molecule has 0 saturated carbocycles. The van der Waals surface area contributed by atoms with Gasteiger partial charge in [0.2, 0.25) is 0 Å². The van der Waals surface area contributed by atoms with E-state index in [0.717, 1.165) is 41.1 Å². The molecule has 1 aliphatic rings. The van der Waals surface area contributed by atoms with Crippen molar-refractivity contribution in [3.63, 3.8) is 0 Å². The first-order valence-electron chi connectivity index (χ1n) is 7.38. The molecule has 1 aromatic carbocycles. The lowest BCUT2D eigenvalue weighted by atomic mass is 10.2. The summed E-state index contributed by atoms with van der Waals surface area (Å²) >= 11 is 3.41. The molecule has 2 amide bonds. The number of fused-ring (bicyclic) bond motifs is 1. The Hall–Kier alpha value is -2.09. The zero-order valence-electron chi connectivity index (χ0n) is 13.0. The molecule has 2 aromatic rings. The van der Waals surface area contributed by atoms with Crippen LogP contribution in [0.5, 0.6) is 5.75 Å². The van der Waals surface area contributed by atoms with Crippen molar-refractivity contribution in [1.29, 1.82) is 0 Å². The second-order valence-electron chi connectivity index (χ2n) is 5.40. The number of hydrogen-bond donors (Lipinski definition) is 2. The zero-order valence-corrected chi connectivity index (χ0v) is 14.6. The van der Waals surface area contributed by atoms with Gasteiger partial charge in [0.1, 0.15) is 11.6 Å². The van der Waals surface area contributed by atoms with E-state index < -0.39 is 0 Å². The third-order valence-electron chi connectivity index (χ3n) is 3.82. The van der Waals surface area contributed by atoms with Crippen molar-refractivity contribution in [3.05, 3.63) is 33.8 Å². The predicted molar refractivity (Wildman–Crippen MR) is 89.6 cm³/mol. The van der Waals surface area contributed by atoms with Crippen molar-refractivity contribution in [3.8, 4) is 5.75 Å². The maximum absolute atomic E-state index is 12.2. The largest absolute Gasteiger partial charge is 0.495 e. The SMILES string of the molecule is COc1cc(Br)cc(C)c1NC(=O)NCc1nnc2n1CCC2. The molecule has 2 N–H and O–H groups in total. The van der Waals surface area contributed by atoms with Crippen LogP contribution in [-0.4, -0.2) is 27.9 Å². The number of hydrogen-bond acceptors (Lipinski definition) is 4. The topological polar surface area (TPSA) is 81.1 Å². The second kappa shape index (κ2) is 6.57. The molecule has 1 aliphatic heterocycles. The van der Waals surface area contributed by atoms with Crippen LogP contribution in [0.3, 0.4) is 0 Å². The van der Waals surface area contributed by atoms with Gasteiger partial charge in [0.05, 0.1) is 19.3 Å². The van der Waals surface area contributed by atoms with Crippen LogP contribution in [0.4, 0.5) is 10.5 Å². The van der Waals surface area contributed by atoms with E-state index in [1.807, 2.05) is 19.1 Å². The Morgan fingerprint density at radius 1 is 1.43 bits per heavy atom. The zero-order chi connectivity index (χ0) is 16.4. The summed E-state index contributed by atoms with van der Waals surface area (Å²) in [6, 6.07) is 3.43. The summed E-state index contributed by atoms with van der Waals surface area (Å²) in [4.78, 5) is 12.2. The van der Waals surface area contributed by atoms with E-state index in [9.17, 15) is 4.79 Å². The van der Waals surface area contributed by atoms with Crippen molar-refractivity contribution < 1.29 is 9.53 Å². The Morgan fingerprint density at radius 2 is 2.26 bits per heavy atom. The van der Waals surface area contributed by atoms with Crippen LogP contribution >= 0.6 is 15.9 Å². The number of aromatic nitrogens is 3. The summed E-state index contributed by atoms with van der Waals surface area (Å²) in [6.07, 6.45) is 2.04. The van der Waals surface area contributed by atoms with Crippen LogP contribution in [0.25, 0.3) is 0 Å². The first kappa shape index (κ1) is 15.8. The average Bonchev–Trinajstić information content (AvgIpc) is 3.11. The minimum Gasteiger partial charge on any atom is -0.495 e. The van der Waals surface area contributed by atoms with Crippen LogP contribution in [-0.2, 0) is 19.5 Å². The van der Waals surface area contributed by atoms with Crippen LogP contribution < -0.4 is 15.4 Å². The number of nitrogens with zero attached hydrogens (tertiary/aromatic N) is 3. The van der Waals surface area contributed by atoms with Crippen molar-refractivity contribution in [2.75, 3.05) is 12.4 Å². The Labute approximate surface area is 142 Å². The fourth-order valence-electron chi connectivity index (χ4n) is 2.69. The van der Waals surface area contributed by atoms with E-state index in [0.29, 0.717) is 18.0 Å². The first-order valence-corrected chi connectivity index (χ1v) is 8.17. The molecule has 7 nitrogen and oxygen atoms in total. The van der Waals surface area contributed by atoms with Crippen molar-refractivity contribution in [2.24, 2.45) is 0 Å². The smallest absolute Gasteiger partial charge is 0.319 e. The minimum atomic E-state index is -0.302. The van der Waals surface area contributed by atoms with E-state index in [1.165, 1.54) is 0 Å².